The van der Waals surface area contributed by atoms with Gasteiger partial charge in [0.05, 0.1) is 0 Å². The molecule has 0 spiro atoms. The Kier molecular flexibility index (Phi) is 6.78. The molecule has 0 saturated carbocycles. The molecular formula is C21H28O2Pb. The van der Waals surface area contributed by atoms with Gasteiger partial charge in [0.15, 0.2) is 0 Å². The SMILES string of the molecule is CCOC/C=[C](\C(O)(c1ccccc1)c1ccccc1)[Pb]([CH3])([CH3])[CH3]. The second kappa shape index (κ2) is 8.41. The summed E-state index contributed by atoms with van der Waals surface area (Å²) in [5.41, 5.74) is 0.766. The quantitative estimate of drug-likeness (QED) is 0.422. The van der Waals surface area contributed by atoms with Gasteiger partial charge in [-0.3, -0.25) is 0 Å². The summed E-state index contributed by atoms with van der Waals surface area (Å²) in [6.07, 6.45) is 2.13. The van der Waals surface area contributed by atoms with Crippen molar-refractivity contribution >= 4 is 21.2 Å². The van der Waals surface area contributed by atoms with E-state index < -0.39 is 26.8 Å². The van der Waals surface area contributed by atoms with E-state index in [1.165, 1.54) is 3.13 Å². The summed E-state index contributed by atoms with van der Waals surface area (Å²) in [6, 6.07) is 20.0. The van der Waals surface area contributed by atoms with E-state index in [1.807, 2.05) is 67.6 Å². The molecule has 2 nitrogen and oxygen atoms in total. The third-order valence-electron chi connectivity index (χ3n) is 4.19. The third kappa shape index (κ3) is 4.35. The van der Waals surface area contributed by atoms with Crippen LogP contribution in [0.2, 0.25) is 13.4 Å². The molecular weight excluding hydrogens is 491 g/mol. The monoisotopic (exact) mass is 520 g/mol. The van der Waals surface area contributed by atoms with Crippen LogP contribution in [0.1, 0.15) is 18.1 Å². The van der Waals surface area contributed by atoms with Crippen molar-refractivity contribution in [3.63, 3.8) is 0 Å². The van der Waals surface area contributed by atoms with Crippen molar-refractivity contribution in [2.45, 2.75) is 26.0 Å². The first-order valence-corrected chi connectivity index (χ1v) is 22.1. The molecule has 24 heavy (non-hydrogen) atoms. The minimum absolute atomic E-state index is 0.547. The fourth-order valence-corrected chi connectivity index (χ4v) is 11.1. The van der Waals surface area contributed by atoms with E-state index in [0.29, 0.717) is 13.2 Å². The van der Waals surface area contributed by atoms with Crippen LogP contribution in [-0.4, -0.2) is 39.5 Å². The maximum atomic E-state index is 12.0. The summed E-state index contributed by atoms with van der Waals surface area (Å²) in [4.78, 5) is 0. The Morgan fingerprint density at radius 1 is 0.958 bits per heavy atom. The predicted octanol–water partition coefficient (Wildman–Crippen LogP) is 4.76. The Morgan fingerprint density at radius 2 is 1.42 bits per heavy atom. The van der Waals surface area contributed by atoms with E-state index >= 15 is 0 Å². The van der Waals surface area contributed by atoms with Gasteiger partial charge < -0.3 is 0 Å². The number of hydrogen-bond acceptors (Lipinski definition) is 2. The van der Waals surface area contributed by atoms with Gasteiger partial charge in [0, 0.05) is 0 Å². The van der Waals surface area contributed by atoms with Crippen LogP contribution in [0.3, 0.4) is 0 Å². The first kappa shape index (κ1) is 19.3. The van der Waals surface area contributed by atoms with Crippen molar-refractivity contribution in [2.75, 3.05) is 13.2 Å². The van der Waals surface area contributed by atoms with E-state index in [1.54, 1.807) is 0 Å². The molecule has 128 valence electrons. The fourth-order valence-electron chi connectivity index (χ4n) is 3.09. The van der Waals surface area contributed by atoms with Crippen molar-refractivity contribution in [1.82, 2.24) is 0 Å². The molecule has 0 saturated heterocycles. The molecule has 0 amide bonds. The minimum atomic E-state index is -2.76. The van der Waals surface area contributed by atoms with Gasteiger partial charge in [-0.2, -0.15) is 0 Å². The molecule has 2 rings (SSSR count). The molecule has 0 fully saturated rings. The normalized spacial score (nSPS) is 13.1. The van der Waals surface area contributed by atoms with Crippen molar-refractivity contribution in [3.8, 4) is 0 Å². The predicted molar refractivity (Wildman–Crippen MR) is 104 cm³/mol. The average molecular weight is 520 g/mol. The molecule has 2 aromatic rings. The summed E-state index contributed by atoms with van der Waals surface area (Å²) in [7, 11) is 0. The van der Waals surface area contributed by atoms with Gasteiger partial charge in [-0.15, -0.1) is 0 Å². The summed E-state index contributed by atoms with van der Waals surface area (Å²) < 4.78 is 13.8. The van der Waals surface area contributed by atoms with Gasteiger partial charge >= 0.3 is 151 Å². The van der Waals surface area contributed by atoms with Crippen molar-refractivity contribution < 1.29 is 9.84 Å². The standard InChI is InChI=1S/C18H19O2.3CH3.Pb/c1-2-20-15-9-14-18(19,16-10-5-3-6-11-16)17-12-7-4-8-13-17;;;;/h3-13,19H,2,15H2,1H3;3*1H3;. The number of hydrogen-bond donors (Lipinski definition) is 1. The van der Waals surface area contributed by atoms with Crippen LogP contribution in [0.5, 0.6) is 0 Å². The molecule has 0 aliphatic rings. The maximum absolute atomic E-state index is 12.0. The Hall–Kier alpha value is -0.978. The summed E-state index contributed by atoms with van der Waals surface area (Å²) >= 11 is -2.76. The topological polar surface area (TPSA) is 29.5 Å². The van der Waals surface area contributed by atoms with Crippen LogP contribution in [-0.2, 0) is 10.3 Å². The first-order valence-electron chi connectivity index (χ1n) is 8.53. The third-order valence-corrected chi connectivity index (χ3v) is 12.7. The molecule has 0 aromatic heterocycles. The number of benzene rings is 2. The van der Waals surface area contributed by atoms with Crippen LogP contribution < -0.4 is 0 Å². The number of ether oxygens (including phenoxy) is 1. The zero-order chi connectivity index (χ0) is 17.6. The van der Waals surface area contributed by atoms with Crippen molar-refractivity contribution in [2.24, 2.45) is 0 Å². The van der Waals surface area contributed by atoms with E-state index in [0.717, 1.165) is 11.1 Å². The summed E-state index contributed by atoms with van der Waals surface area (Å²) in [5, 5.41) is 12.0. The van der Waals surface area contributed by atoms with E-state index in [-0.39, 0.29) is 0 Å². The van der Waals surface area contributed by atoms with Crippen molar-refractivity contribution in [3.05, 3.63) is 81.0 Å². The van der Waals surface area contributed by atoms with Gasteiger partial charge in [0.25, 0.3) is 0 Å². The Labute approximate surface area is 150 Å². The number of rotatable bonds is 7. The summed E-state index contributed by atoms with van der Waals surface area (Å²) in [6.45, 7) is 3.22. The molecule has 0 bridgehead atoms. The first-order chi connectivity index (χ1) is 11.4. The second-order valence-corrected chi connectivity index (χ2v) is 26.6. The zero-order valence-electron chi connectivity index (χ0n) is 15.1. The average Bonchev–Trinajstić information content (AvgIpc) is 2.58. The molecule has 0 radical (unpaired) electrons. The molecule has 0 aliphatic heterocycles. The Morgan fingerprint density at radius 3 is 1.79 bits per heavy atom. The van der Waals surface area contributed by atoms with Gasteiger partial charge in [-0.1, -0.05) is 0 Å². The van der Waals surface area contributed by atoms with Crippen molar-refractivity contribution in [1.29, 1.82) is 0 Å². The zero-order valence-corrected chi connectivity index (χ0v) is 19.0. The van der Waals surface area contributed by atoms with E-state index in [2.05, 4.69) is 19.5 Å². The molecule has 0 aliphatic carbocycles. The Bertz CT molecular complexity index is 618. The van der Waals surface area contributed by atoms with E-state index in [4.69, 9.17) is 4.74 Å². The van der Waals surface area contributed by atoms with Crippen LogP contribution in [0, 0.1) is 0 Å². The molecule has 0 heterocycles. The van der Waals surface area contributed by atoms with Gasteiger partial charge in [-0.05, 0) is 0 Å². The van der Waals surface area contributed by atoms with Gasteiger partial charge in [0.1, 0.15) is 0 Å². The van der Waals surface area contributed by atoms with Crippen LogP contribution >= 0.6 is 0 Å². The molecule has 0 atom stereocenters. The van der Waals surface area contributed by atoms with Crippen LogP contribution in [0.15, 0.2) is 69.9 Å². The van der Waals surface area contributed by atoms with Gasteiger partial charge in [0.2, 0.25) is 0 Å². The molecule has 0 unspecified atom stereocenters. The Balaban J connectivity index is 2.66. The summed E-state index contributed by atoms with van der Waals surface area (Å²) in [5.74, 6) is 0. The van der Waals surface area contributed by atoms with E-state index in [9.17, 15) is 5.11 Å². The second-order valence-electron chi connectivity index (χ2n) is 6.97. The van der Waals surface area contributed by atoms with Crippen LogP contribution in [0.4, 0.5) is 0 Å². The van der Waals surface area contributed by atoms with Crippen LogP contribution in [0.25, 0.3) is 0 Å². The number of aliphatic hydroxyl groups is 1. The fraction of sp³-hybridized carbons (Fsp3) is 0.333. The molecule has 1 N–H and O–H groups in total. The van der Waals surface area contributed by atoms with Gasteiger partial charge in [-0.25, -0.2) is 0 Å². The molecule has 3 heteroatoms. The molecule has 2 aromatic carbocycles.